The lowest BCUT2D eigenvalue weighted by atomic mass is 9.82. The Balaban J connectivity index is 2.71. The van der Waals surface area contributed by atoms with Crippen molar-refractivity contribution in [2.24, 2.45) is 11.8 Å². The zero-order valence-corrected chi connectivity index (χ0v) is 13.0. The Bertz CT molecular complexity index is 439. The van der Waals surface area contributed by atoms with Crippen molar-refractivity contribution in [3.8, 4) is 0 Å². The minimum absolute atomic E-state index is 0.0723. The fourth-order valence-electron chi connectivity index (χ4n) is 2.74. The van der Waals surface area contributed by atoms with Gasteiger partial charge in [0, 0.05) is 12.0 Å². The predicted octanol–water partition coefficient (Wildman–Crippen LogP) is 4.57. The number of ketones is 1. The lowest BCUT2D eigenvalue weighted by Crippen LogP contribution is -2.26. The lowest BCUT2D eigenvalue weighted by Gasteiger charge is -2.22. The number of unbranched alkanes of at least 4 members (excludes halogenated alkanes) is 2. The minimum atomic E-state index is -0.845. The van der Waals surface area contributed by atoms with Crippen LogP contribution in [0.25, 0.3) is 0 Å². The normalized spacial score (nSPS) is 13.6. The van der Waals surface area contributed by atoms with E-state index in [1.165, 1.54) is 0 Å². The van der Waals surface area contributed by atoms with Crippen LogP contribution in [0.2, 0.25) is 0 Å². The molecule has 1 rings (SSSR count). The van der Waals surface area contributed by atoms with E-state index >= 15 is 0 Å². The first-order valence-electron chi connectivity index (χ1n) is 7.91. The van der Waals surface area contributed by atoms with Crippen LogP contribution in [0.3, 0.4) is 0 Å². The maximum atomic E-state index is 12.2. The Kier molecular flexibility index (Phi) is 7.73. The van der Waals surface area contributed by atoms with Crippen LogP contribution >= 0.6 is 0 Å². The molecule has 0 saturated carbocycles. The molecule has 0 fully saturated rings. The van der Waals surface area contributed by atoms with E-state index in [9.17, 15) is 14.7 Å². The second-order valence-corrected chi connectivity index (χ2v) is 5.60. The minimum Gasteiger partial charge on any atom is -0.481 e. The molecule has 2 atom stereocenters. The number of carboxylic acids is 1. The molecule has 0 aliphatic rings. The standard InChI is InChI=1S/C18H26O3/c1-3-5-7-10-14(4-2)16(18(20)21)13-17(19)15-11-8-6-9-12-15/h6,8-9,11-12,14,16H,3-5,7,10,13H2,1-2H3,(H,20,21). The van der Waals surface area contributed by atoms with E-state index in [4.69, 9.17) is 0 Å². The first kappa shape index (κ1) is 17.4. The van der Waals surface area contributed by atoms with Gasteiger partial charge < -0.3 is 5.11 Å². The van der Waals surface area contributed by atoms with E-state index in [0.29, 0.717) is 5.56 Å². The molecule has 0 amide bonds. The van der Waals surface area contributed by atoms with Gasteiger partial charge in [-0.05, 0) is 12.3 Å². The molecule has 0 bridgehead atoms. The van der Waals surface area contributed by atoms with E-state index < -0.39 is 11.9 Å². The molecule has 0 saturated heterocycles. The monoisotopic (exact) mass is 290 g/mol. The highest BCUT2D eigenvalue weighted by Crippen LogP contribution is 2.27. The second kappa shape index (κ2) is 9.32. The number of carbonyl (C=O) groups excluding carboxylic acids is 1. The van der Waals surface area contributed by atoms with Crippen molar-refractivity contribution in [1.82, 2.24) is 0 Å². The van der Waals surface area contributed by atoms with E-state index in [-0.39, 0.29) is 18.1 Å². The van der Waals surface area contributed by atoms with E-state index in [0.717, 1.165) is 32.1 Å². The Hall–Kier alpha value is -1.64. The van der Waals surface area contributed by atoms with Crippen LogP contribution in [0, 0.1) is 11.8 Å². The van der Waals surface area contributed by atoms with Crippen molar-refractivity contribution in [3.05, 3.63) is 35.9 Å². The summed E-state index contributed by atoms with van der Waals surface area (Å²) in [5.41, 5.74) is 0.604. The van der Waals surface area contributed by atoms with E-state index in [1.807, 2.05) is 25.1 Å². The Morgan fingerprint density at radius 2 is 1.76 bits per heavy atom. The van der Waals surface area contributed by atoms with Crippen LogP contribution in [0.15, 0.2) is 30.3 Å². The van der Waals surface area contributed by atoms with Crippen molar-refractivity contribution in [1.29, 1.82) is 0 Å². The van der Waals surface area contributed by atoms with Gasteiger partial charge in [0.15, 0.2) is 5.78 Å². The van der Waals surface area contributed by atoms with Gasteiger partial charge in [-0.3, -0.25) is 9.59 Å². The molecule has 3 nitrogen and oxygen atoms in total. The number of Topliss-reactive ketones (excluding diaryl/α,β-unsaturated/α-hetero) is 1. The Morgan fingerprint density at radius 3 is 2.29 bits per heavy atom. The number of benzene rings is 1. The van der Waals surface area contributed by atoms with Gasteiger partial charge in [-0.2, -0.15) is 0 Å². The Labute approximate surface area is 127 Å². The van der Waals surface area contributed by atoms with Crippen LogP contribution in [0.1, 0.15) is 62.7 Å². The molecular weight excluding hydrogens is 264 g/mol. The number of carboxylic acid groups (broad SMARTS) is 1. The third kappa shape index (κ3) is 5.70. The summed E-state index contributed by atoms with van der Waals surface area (Å²) in [5, 5.41) is 9.47. The number of hydrogen-bond donors (Lipinski definition) is 1. The molecule has 2 unspecified atom stereocenters. The van der Waals surface area contributed by atoms with Crippen LogP contribution in [-0.4, -0.2) is 16.9 Å². The molecule has 0 heterocycles. The highest BCUT2D eigenvalue weighted by atomic mass is 16.4. The first-order valence-corrected chi connectivity index (χ1v) is 7.91. The molecule has 0 aliphatic carbocycles. The quantitative estimate of drug-likeness (QED) is 0.507. The average Bonchev–Trinajstić information content (AvgIpc) is 2.50. The summed E-state index contributed by atoms with van der Waals surface area (Å²) < 4.78 is 0. The SMILES string of the molecule is CCCCCC(CC)C(CC(=O)c1ccccc1)C(=O)O. The molecule has 1 N–H and O–H groups in total. The highest BCUT2D eigenvalue weighted by molar-refractivity contribution is 5.97. The maximum absolute atomic E-state index is 12.2. The number of rotatable bonds is 10. The zero-order chi connectivity index (χ0) is 15.7. The van der Waals surface area contributed by atoms with Crippen molar-refractivity contribution in [2.75, 3.05) is 0 Å². The van der Waals surface area contributed by atoms with E-state index in [2.05, 4.69) is 6.92 Å². The summed E-state index contributed by atoms with van der Waals surface area (Å²) in [6, 6.07) is 8.97. The molecule has 1 aromatic rings. The summed E-state index contributed by atoms with van der Waals surface area (Å²) in [4.78, 5) is 23.8. The van der Waals surface area contributed by atoms with Gasteiger partial charge in [0.25, 0.3) is 0 Å². The van der Waals surface area contributed by atoms with Gasteiger partial charge in [-0.1, -0.05) is 69.9 Å². The lowest BCUT2D eigenvalue weighted by molar-refractivity contribution is -0.143. The van der Waals surface area contributed by atoms with Crippen molar-refractivity contribution >= 4 is 11.8 Å². The molecule has 21 heavy (non-hydrogen) atoms. The number of carbonyl (C=O) groups is 2. The molecule has 1 aromatic carbocycles. The Morgan fingerprint density at radius 1 is 1.10 bits per heavy atom. The van der Waals surface area contributed by atoms with Crippen molar-refractivity contribution in [3.63, 3.8) is 0 Å². The van der Waals surface area contributed by atoms with Crippen LogP contribution in [0.4, 0.5) is 0 Å². The summed E-state index contributed by atoms with van der Waals surface area (Å²) in [7, 11) is 0. The summed E-state index contributed by atoms with van der Waals surface area (Å²) in [6.45, 7) is 4.15. The van der Waals surface area contributed by atoms with Gasteiger partial charge >= 0.3 is 5.97 Å². The third-order valence-electron chi connectivity index (χ3n) is 4.09. The van der Waals surface area contributed by atoms with Gasteiger partial charge in [-0.25, -0.2) is 0 Å². The predicted molar refractivity (Wildman–Crippen MR) is 84.4 cm³/mol. The summed E-state index contributed by atoms with van der Waals surface area (Å²) in [5.74, 6) is -1.40. The maximum Gasteiger partial charge on any atom is 0.307 e. The largest absolute Gasteiger partial charge is 0.481 e. The molecule has 3 heteroatoms. The molecular formula is C18H26O3. The van der Waals surface area contributed by atoms with Gasteiger partial charge in [0.05, 0.1) is 5.92 Å². The fourth-order valence-corrected chi connectivity index (χ4v) is 2.74. The summed E-state index contributed by atoms with van der Waals surface area (Å²) in [6.07, 6.45) is 5.08. The van der Waals surface area contributed by atoms with Crippen molar-refractivity contribution < 1.29 is 14.7 Å². The average molecular weight is 290 g/mol. The molecule has 0 aromatic heterocycles. The molecule has 116 valence electrons. The zero-order valence-electron chi connectivity index (χ0n) is 13.0. The third-order valence-corrected chi connectivity index (χ3v) is 4.09. The topological polar surface area (TPSA) is 54.4 Å². The fraction of sp³-hybridized carbons (Fsp3) is 0.556. The smallest absolute Gasteiger partial charge is 0.307 e. The highest BCUT2D eigenvalue weighted by Gasteiger charge is 2.29. The number of hydrogen-bond acceptors (Lipinski definition) is 2. The molecule has 0 spiro atoms. The van der Waals surface area contributed by atoms with Crippen LogP contribution in [0.5, 0.6) is 0 Å². The van der Waals surface area contributed by atoms with E-state index in [1.54, 1.807) is 12.1 Å². The molecule has 0 aliphatic heterocycles. The van der Waals surface area contributed by atoms with Gasteiger partial charge in [0.2, 0.25) is 0 Å². The van der Waals surface area contributed by atoms with Gasteiger partial charge in [-0.15, -0.1) is 0 Å². The second-order valence-electron chi connectivity index (χ2n) is 5.60. The van der Waals surface area contributed by atoms with Crippen molar-refractivity contribution in [2.45, 2.75) is 52.4 Å². The van der Waals surface area contributed by atoms with Crippen LogP contribution in [-0.2, 0) is 4.79 Å². The first-order chi connectivity index (χ1) is 10.1. The number of aliphatic carboxylic acids is 1. The van der Waals surface area contributed by atoms with Crippen LogP contribution < -0.4 is 0 Å². The van der Waals surface area contributed by atoms with Gasteiger partial charge in [0.1, 0.15) is 0 Å². The molecule has 0 radical (unpaired) electrons. The summed E-state index contributed by atoms with van der Waals surface area (Å²) >= 11 is 0.